The second-order valence-electron chi connectivity index (χ2n) is 4.90. The fraction of sp³-hybridized carbons (Fsp3) is 0.250. The molecule has 0 aromatic heterocycles. The third-order valence-corrected chi connectivity index (χ3v) is 3.54. The minimum Gasteiger partial charge on any atom is -0.508 e. The predicted molar refractivity (Wildman–Crippen MR) is 82.6 cm³/mol. The van der Waals surface area contributed by atoms with Gasteiger partial charge < -0.3 is 10.4 Å². The van der Waals surface area contributed by atoms with Crippen LogP contribution < -0.4 is 5.32 Å². The Morgan fingerprint density at radius 3 is 2.48 bits per heavy atom. The maximum Gasteiger partial charge on any atom is 0.274 e. The first-order chi connectivity index (χ1) is 10.0. The lowest BCUT2D eigenvalue weighted by Gasteiger charge is -2.20. The molecular weight excluding hydrogens is 268 g/mol. The number of hydrogen-bond acceptors (Lipinski definition) is 4. The number of nitro benzene ring substituents is 1. The van der Waals surface area contributed by atoms with E-state index in [0.717, 1.165) is 17.7 Å². The first-order valence-electron chi connectivity index (χ1n) is 6.82. The molecule has 0 fully saturated rings. The monoisotopic (exact) mass is 286 g/mol. The Kier molecular flexibility index (Phi) is 4.42. The molecule has 0 bridgehead atoms. The second-order valence-corrected chi connectivity index (χ2v) is 4.90. The van der Waals surface area contributed by atoms with Crippen LogP contribution in [0.15, 0.2) is 42.5 Å². The Morgan fingerprint density at radius 2 is 1.90 bits per heavy atom. The van der Waals surface area contributed by atoms with Crippen molar-refractivity contribution in [3.05, 3.63) is 63.7 Å². The molecule has 0 saturated carbocycles. The number of nitrogens with zero attached hydrogens (tertiary/aromatic N) is 1. The largest absolute Gasteiger partial charge is 0.508 e. The van der Waals surface area contributed by atoms with E-state index in [1.165, 1.54) is 6.07 Å². The van der Waals surface area contributed by atoms with Gasteiger partial charge in [0.2, 0.25) is 0 Å². The zero-order chi connectivity index (χ0) is 15.4. The van der Waals surface area contributed by atoms with E-state index >= 15 is 0 Å². The van der Waals surface area contributed by atoms with E-state index in [-0.39, 0.29) is 22.4 Å². The number of aromatic hydroxyl groups is 1. The Hall–Kier alpha value is -2.56. The Balaban J connectivity index is 2.29. The van der Waals surface area contributed by atoms with Crippen molar-refractivity contribution in [3.8, 4) is 5.75 Å². The smallest absolute Gasteiger partial charge is 0.274 e. The summed E-state index contributed by atoms with van der Waals surface area (Å²) in [5, 5.41) is 23.7. The zero-order valence-corrected chi connectivity index (χ0v) is 12.0. The van der Waals surface area contributed by atoms with Gasteiger partial charge >= 0.3 is 0 Å². The highest BCUT2D eigenvalue weighted by atomic mass is 16.6. The van der Waals surface area contributed by atoms with Crippen molar-refractivity contribution < 1.29 is 10.0 Å². The lowest BCUT2D eigenvalue weighted by Crippen LogP contribution is -2.11. The van der Waals surface area contributed by atoms with Crippen molar-refractivity contribution >= 4 is 11.4 Å². The van der Waals surface area contributed by atoms with Gasteiger partial charge in [-0.05, 0) is 37.1 Å². The summed E-state index contributed by atoms with van der Waals surface area (Å²) in [7, 11) is 0. The van der Waals surface area contributed by atoms with Gasteiger partial charge in [0.25, 0.3) is 5.69 Å². The molecule has 0 spiro atoms. The number of phenolic OH excluding ortho intramolecular Hbond substituents is 1. The van der Waals surface area contributed by atoms with Crippen LogP contribution in [0.3, 0.4) is 0 Å². The fourth-order valence-corrected chi connectivity index (χ4v) is 2.29. The van der Waals surface area contributed by atoms with Crippen molar-refractivity contribution in [2.75, 3.05) is 5.32 Å². The molecule has 0 heterocycles. The van der Waals surface area contributed by atoms with Crippen LogP contribution in [0, 0.1) is 17.0 Å². The highest BCUT2D eigenvalue weighted by Gasteiger charge is 2.16. The lowest BCUT2D eigenvalue weighted by molar-refractivity contribution is -0.385. The van der Waals surface area contributed by atoms with Crippen LogP contribution in [0.4, 0.5) is 11.4 Å². The predicted octanol–water partition coefficient (Wildman–Crippen LogP) is 4.17. The van der Waals surface area contributed by atoms with Gasteiger partial charge in [-0.2, -0.15) is 0 Å². The normalized spacial score (nSPS) is 11.9. The van der Waals surface area contributed by atoms with Crippen molar-refractivity contribution in [2.45, 2.75) is 26.3 Å². The van der Waals surface area contributed by atoms with E-state index < -0.39 is 0 Å². The molecule has 1 atom stereocenters. The summed E-state index contributed by atoms with van der Waals surface area (Å²) >= 11 is 0. The molecule has 0 amide bonds. The standard InChI is InChI=1S/C16H18N2O3/c1-3-14(12-7-9-13(19)10-8-12)17-15-5-4-6-16(11(15)2)18(20)21/h4-10,14,17,19H,3H2,1-2H3. The molecule has 110 valence electrons. The minimum absolute atomic E-state index is 0.0336. The molecule has 2 aromatic rings. The molecule has 21 heavy (non-hydrogen) atoms. The van der Waals surface area contributed by atoms with Crippen LogP contribution >= 0.6 is 0 Å². The number of benzene rings is 2. The molecule has 0 radical (unpaired) electrons. The minimum atomic E-state index is -0.373. The number of hydrogen-bond donors (Lipinski definition) is 2. The van der Waals surface area contributed by atoms with Crippen LogP contribution in [-0.2, 0) is 0 Å². The molecule has 5 heteroatoms. The van der Waals surface area contributed by atoms with Gasteiger partial charge in [0.05, 0.1) is 11.0 Å². The van der Waals surface area contributed by atoms with Gasteiger partial charge in [0, 0.05) is 17.3 Å². The molecule has 0 aliphatic rings. The van der Waals surface area contributed by atoms with E-state index in [1.54, 1.807) is 25.1 Å². The Labute approximate surface area is 123 Å². The van der Waals surface area contributed by atoms with Crippen LogP contribution in [-0.4, -0.2) is 10.0 Å². The van der Waals surface area contributed by atoms with E-state index in [4.69, 9.17) is 0 Å². The van der Waals surface area contributed by atoms with Gasteiger partial charge in [-0.3, -0.25) is 10.1 Å². The summed E-state index contributed by atoms with van der Waals surface area (Å²) in [6, 6.07) is 12.0. The molecule has 1 unspecified atom stereocenters. The molecule has 0 saturated heterocycles. The number of anilines is 1. The van der Waals surface area contributed by atoms with Crippen LogP contribution in [0.5, 0.6) is 5.75 Å². The summed E-state index contributed by atoms with van der Waals surface area (Å²) in [5.41, 5.74) is 2.52. The molecule has 2 aromatic carbocycles. The van der Waals surface area contributed by atoms with Crippen molar-refractivity contribution in [1.82, 2.24) is 0 Å². The maximum absolute atomic E-state index is 11.0. The van der Waals surface area contributed by atoms with Gasteiger partial charge in [-0.15, -0.1) is 0 Å². The summed E-state index contributed by atoms with van der Waals surface area (Å²) < 4.78 is 0. The molecular formula is C16H18N2O3. The molecule has 2 N–H and O–H groups in total. The van der Waals surface area contributed by atoms with Crippen LogP contribution in [0.25, 0.3) is 0 Å². The third kappa shape index (κ3) is 3.31. The number of nitrogens with one attached hydrogen (secondary N) is 1. The average Bonchev–Trinajstić information content (AvgIpc) is 2.47. The fourth-order valence-electron chi connectivity index (χ4n) is 2.29. The summed E-state index contributed by atoms with van der Waals surface area (Å²) in [5.74, 6) is 0.222. The molecule has 5 nitrogen and oxygen atoms in total. The van der Waals surface area contributed by atoms with Gasteiger partial charge in [-0.1, -0.05) is 25.1 Å². The van der Waals surface area contributed by atoms with E-state index in [0.29, 0.717) is 5.56 Å². The molecule has 0 aliphatic heterocycles. The van der Waals surface area contributed by atoms with Gasteiger partial charge in [0.15, 0.2) is 0 Å². The molecule has 0 aliphatic carbocycles. The number of rotatable bonds is 5. The lowest BCUT2D eigenvalue weighted by atomic mass is 10.0. The van der Waals surface area contributed by atoms with Crippen LogP contribution in [0.2, 0.25) is 0 Å². The highest BCUT2D eigenvalue weighted by Crippen LogP contribution is 2.30. The quantitative estimate of drug-likeness (QED) is 0.639. The Morgan fingerprint density at radius 1 is 1.24 bits per heavy atom. The second kappa shape index (κ2) is 6.26. The summed E-state index contributed by atoms with van der Waals surface area (Å²) in [6.07, 6.45) is 0.826. The van der Waals surface area contributed by atoms with E-state index in [9.17, 15) is 15.2 Å². The van der Waals surface area contributed by atoms with E-state index in [1.807, 2.05) is 25.1 Å². The SMILES string of the molecule is CCC(Nc1cccc([N+](=O)[O-])c1C)c1ccc(O)cc1. The summed E-state index contributed by atoms with van der Waals surface area (Å²) in [4.78, 5) is 10.6. The van der Waals surface area contributed by atoms with Gasteiger partial charge in [-0.25, -0.2) is 0 Å². The highest BCUT2D eigenvalue weighted by molar-refractivity contribution is 5.60. The first kappa shape index (κ1) is 14.8. The topological polar surface area (TPSA) is 75.4 Å². The van der Waals surface area contributed by atoms with Crippen molar-refractivity contribution in [1.29, 1.82) is 0 Å². The van der Waals surface area contributed by atoms with Crippen LogP contribution in [0.1, 0.15) is 30.5 Å². The zero-order valence-electron chi connectivity index (χ0n) is 12.0. The molecule has 2 rings (SSSR count). The third-order valence-electron chi connectivity index (χ3n) is 3.54. The number of phenols is 1. The van der Waals surface area contributed by atoms with Gasteiger partial charge in [0.1, 0.15) is 5.75 Å². The summed E-state index contributed by atoms with van der Waals surface area (Å²) in [6.45, 7) is 3.78. The van der Waals surface area contributed by atoms with Crippen molar-refractivity contribution in [3.63, 3.8) is 0 Å². The maximum atomic E-state index is 11.0. The number of nitro groups is 1. The first-order valence-corrected chi connectivity index (χ1v) is 6.82. The van der Waals surface area contributed by atoms with Crippen molar-refractivity contribution in [2.24, 2.45) is 0 Å². The Bertz CT molecular complexity index is 638. The average molecular weight is 286 g/mol. The van der Waals surface area contributed by atoms with E-state index in [2.05, 4.69) is 5.32 Å².